The van der Waals surface area contributed by atoms with E-state index in [-0.39, 0.29) is 41.3 Å². The first-order chi connectivity index (χ1) is 20.8. The SMILES string of the molecule is COc1ccc(-c2ccc(-c3cnn4c(N)c(C(C)=O)c(C5C[C@H]6CC[C@@H](C5)N6C(=O)c5ncn[nH]5)nc34)cn2)c(F)c1. The number of H-pyrrole nitrogens is 1. The Labute approximate surface area is 245 Å². The Kier molecular flexibility index (Phi) is 6.37. The Morgan fingerprint density at radius 1 is 1.07 bits per heavy atom. The average molecular weight is 582 g/mol. The number of nitrogens with two attached hydrogens (primary N) is 1. The maximum atomic E-state index is 14.7. The Hall–Kier alpha value is -5.20. The van der Waals surface area contributed by atoms with Crippen LogP contribution < -0.4 is 10.5 Å². The number of ketones is 1. The van der Waals surface area contributed by atoms with Gasteiger partial charge in [0.1, 0.15) is 23.7 Å². The number of aromatic nitrogens is 7. The van der Waals surface area contributed by atoms with E-state index in [0.717, 1.165) is 12.8 Å². The number of Topliss-reactive ketones (excluding diaryl/α,β-unsaturated/α-hetero) is 1. The number of aromatic amines is 1. The number of halogens is 1. The van der Waals surface area contributed by atoms with Gasteiger partial charge < -0.3 is 15.4 Å². The summed E-state index contributed by atoms with van der Waals surface area (Å²) < 4.78 is 21.2. The second-order valence-electron chi connectivity index (χ2n) is 11.0. The topological polar surface area (TPSA) is 157 Å². The summed E-state index contributed by atoms with van der Waals surface area (Å²) >= 11 is 0. The van der Waals surface area contributed by atoms with E-state index in [2.05, 4.69) is 25.3 Å². The maximum absolute atomic E-state index is 14.7. The third-order valence-corrected chi connectivity index (χ3v) is 8.56. The molecule has 2 aliphatic heterocycles. The number of nitrogens with one attached hydrogen (secondary N) is 1. The first-order valence-electron chi connectivity index (χ1n) is 14.0. The molecule has 1 amide bonds. The predicted molar refractivity (Wildman–Crippen MR) is 154 cm³/mol. The van der Waals surface area contributed by atoms with Crippen LogP contribution >= 0.6 is 0 Å². The molecule has 1 unspecified atom stereocenters. The molecule has 43 heavy (non-hydrogen) atoms. The van der Waals surface area contributed by atoms with Crippen LogP contribution in [0.15, 0.2) is 49.1 Å². The highest BCUT2D eigenvalue weighted by atomic mass is 19.1. The van der Waals surface area contributed by atoms with Crippen LogP contribution in [0, 0.1) is 5.82 Å². The molecule has 2 bridgehead atoms. The fourth-order valence-electron chi connectivity index (χ4n) is 6.60. The molecule has 6 heterocycles. The van der Waals surface area contributed by atoms with Crippen molar-refractivity contribution >= 4 is 23.2 Å². The Bertz CT molecular complexity index is 1860. The number of methoxy groups -OCH3 is 1. The highest BCUT2D eigenvalue weighted by Gasteiger charge is 2.45. The first kappa shape index (κ1) is 26.7. The van der Waals surface area contributed by atoms with E-state index in [1.165, 1.54) is 30.9 Å². The summed E-state index contributed by atoms with van der Waals surface area (Å²) in [6, 6.07) is 8.16. The number of rotatable bonds is 6. The van der Waals surface area contributed by atoms with Gasteiger partial charge in [0.25, 0.3) is 5.91 Å². The Morgan fingerprint density at radius 2 is 1.86 bits per heavy atom. The van der Waals surface area contributed by atoms with Crippen LogP contribution in [0.4, 0.5) is 10.2 Å². The van der Waals surface area contributed by atoms with Gasteiger partial charge in [-0.2, -0.15) is 14.7 Å². The molecule has 0 spiro atoms. The number of hydrogen-bond donors (Lipinski definition) is 2. The van der Waals surface area contributed by atoms with Gasteiger partial charge in [0.15, 0.2) is 11.4 Å². The van der Waals surface area contributed by atoms with Gasteiger partial charge in [-0.25, -0.2) is 14.4 Å². The highest BCUT2D eigenvalue weighted by molar-refractivity contribution is 6.00. The third kappa shape index (κ3) is 4.39. The molecule has 3 atom stereocenters. The lowest BCUT2D eigenvalue weighted by molar-refractivity contribution is 0.0556. The molecule has 2 aliphatic rings. The smallest absolute Gasteiger partial charge is 0.291 e. The van der Waals surface area contributed by atoms with Gasteiger partial charge in [-0.15, -0.1) is 0 Å². The van der Waals surface area contributed by atoms with Crippen LogP contribution in [0.1, 0.15) is 65.2 Å². The summed E-state index contributed by atoms with van der Waals surface area (Å²) in [7, 11) is 1.48. The lowest BCUT2D eigenvalue weighted by Gasteiger charge is -2.38. The molecule has 2 fully saturated rings. The molecule has 1 aromatic carbocycles. The van der Waals surface area contributed by atoms with Gasteiger partial charge in [0, 0.05) is 47.0 Å². The lowest BCUT2D eigenvalue weighted by atomic mass is 9.85. The van der Waals surface area contributed by atoms with Crippen LogP contribution in [0.3, 0.4) is 0 Å². The van der Waals surface area contributed by atoms with E-state index in [9.17, 15) is 14.0 Å². The van der Waals surface area contributed by atoms with Crippen molar-refractivity contribution in [2.24, 2.45) is 0 Å². The molecule has 0 saturated carbocycles. The van der Waals surface area contributed by atoms with E-state index in [1.807, 2.05) is 11.0 Å². The fraction of sp³-hybridized carbons (Fsp3) is 0.300. The van der Waals surface area contributed by atoms with E-state index in [0.29, 0.717) is 57.9 Å². The van der Waals surface area contributed by atoms with Gasteiger partial charge in [-0.3, -0.25) is 19.7 Å². The van der Waals surface area contributed by atoms with Crippen molar-refractivity contribution in [3.8, 4) is 28.1 Å². The minimum Gasteiger partial charge on any atom is -0.497 e. The number of nitrogens with zero attached hydrogens (tertiary/aromatic N) is 7. The molecule has 13 heteroatoms. The number of anilines is 1. The third-order valence-electron chi connectivity index (χ3n) is 8.56. The predicted octanol–water partition coefficient (Wildman–Crippen LogP) is 4.06. The van der Waals surface area contributed by atoms with Crippen molar-refractivity contribution in [3.63, 3.8) is 0 Å². The Morgan fingerprint density at radius 3 is 2.49 bits per heavy atom. The van der Waals surface area contributed by atoms with E-state index in [1.54, 1.807) is 30.6 Å². The number of fused-ring (bicyclic) bond motifs is 3. The van der Waals surface area contributed by atoms with E-state index in [4.69, 9.17) is 15.5 Å². The molecule has 2 saturated heterocycles. The Balaban J connectivity index is 1.24. The number of carbonyl (C=O) groups excluding carboxylic acids is 2. The molecule has 0 radical (unpaired) electrons. The normalized spacial score (nSPS) is 19.6. The number of amides is 1. The fourth-order valence-corrected chi connectivity index (χ4v) is 6.60. The van der Waals surface area contributed by atoms with Gasteiger partial charge in [-0.1, -0.05) is 6.07 Å². The van der Waals surface area contributed by atoms with Crippen molar-refractivity contribution in [1.82, 2.24) is 39.7 Å². The monoisotopic (exact) mass is 581 g/mol. The number of hydrogen-bond acceptors (Lipinski definition) is 9. The van der Waals surface area contributed by atoms with Crippen molar-refractivity contribution in [2.45, 2.75) is 50.6 Å². The number of piperidine rings is 1. The number of pyridine rings is 1. The minimum atomic E-state index is -0.436. The summed E-state index contributed by atoms with van der Waals surface area (Å²) in [5, 5.41) is 10.9. The van der Waals surface area contributed by atoms with Crippen LogP contribution in [-0.4, -0.2) is 70.5 Å². The van der Waals surface area contributed by atoms with Crippen LogP contribution in [0.25, 0.3) is 28.0 Å². The second-order valence-corrected chi connectivity index (χ2v) is 11.0. The van der Waals surface area contributed by atoms with E-state index < -0.39 is 5.82 Å². The van der Waals surface area contributed by atoms with Crippen molar-refractivity contribution in [1.29, 1.82) is 0 Å². The summed E-state index contributed by atoms with van der Waals surface area (Å²) in [5.74, 6) is -0.00912. The maximum Gasteiger partial charge on any atom is 0.291 e. The quantitative estimate of drug-likeness (QED) is 0.282. The number of ether oxygens (including phenoxy) is 1. The van der Waals surface area contributed by atoms with Crippen LogP contribution in [0.5, 0.6) is 5.75 Å². The van der Waals surface area contributed by atoms with Gasteiger partial charge in [0.05, 0.1) is 30.3 Å². The molecule has 12 nitrogen and oxygen atoms in total. The first-order valence-corrected chi connectivity index (χ1v) is 14.0. The molecular formula is C30H28FN9O3. The molecule has 0 aliphatic carbocycles. The zero-order valence-corrected chi connectivity index (χ0v) is 23.5. The summed E-state index contributed by atoms with van der Waals surface area (Å²) in [4.78, 5) is 41.5. The molecule has 218 valence electrons. The summed E-state index contributed by atoms with van der Waals surface area (Å²) in [6.45, 7) is 1.48. The zero-order valence-electron chi connectivity index (χ0n) is 23.5. The molecule has 5 aromatic rings. The average Bonchev–Trinajstić information content (AvgIpc) is 3.75. The summed E-state index contributed by atoms with van der Waals surface area (Å²) in [5.41, 5.74) is 10.3. The van der Waals surface area contributed by atoms with Crippen molar-refractivity contribution < 1.29 is 18.7 Å². The summed E-state index contributed by atoms with van der Waals surface area (Å²) in [6.07, 6.45) is 7.61. The highest BCUT2D eigenvalue weighted by Crippen LogP contribution is 2.45. The van der Waals surface area contributed by atoms with Crippen LogP contribution in [-0.2, 0) is 0 Å². The molecule has 7 rings (SSSR count). The number of carbonyl (C=O) groups is 2. The minimum absolute atomic E-state index is 0.0140. The molecular weight excluding hydrogens is 553 g/mol. The van der Waals surface area contributed by atoms with Crippen molar-refractivity contribution in [2.75, 3.05) is 12.8 Å². The van der Waals surface area contributed by atoms with Gasteiger partial charge >= 0.3 is 0 Å². The standard InChI is InChI=1S/C30H28FN9O3/c1-15(41)25-26(17-9-18-4-5-19(10-17)39(18)30(42)28-34-14-35-38-28)37-29-22(13-36-40(29)27(25)32)16-3-8-24(33-12-16)21-7-6-20(43-2)11-23(21)31/h3,6-8,11-14,17-19H,4-5,9-10,32H2,1-2H3,(H,34,35,38)/t17?,18-,19+. The molecule has 4 aromatic heterocycles. The lowest BCUT2D eigenvalue weighted by Crippen LogP contribution is -2.46. The van der Waals surface area contributed by atoms with Crippen LogP contribution in [0.2, 0.25) is 0 Å². The van der Waals surface area contributed by atoms with Crippen molar-refractivity contribution in [3.05, 3.63) is 72.0 Å². The van der Waals surface area contributed by atoms with Gasteiger partial charge in [0.2, 0.25) is 5.82 Å². The largest absolute Gasteiger partial charge is 0.497 e. The number of benzene rings is 1. The second kappa shape index (κ2) is 10.3. The van der Waals surface area contributed by atoms with E-state index >= 15 is 0 Å². The zero-order chi connectivity index (χ0) is 29.8. The number of nitrogen functional groups attached to an aromatic ring is 1. The molecule has 3 N–H and O–H groups in total. The van der Waals surface area contributed by atoms with Gasteiger partial charge in [-0.05, 0) is 50.8 Å².